The summed E-state index contributed by atoms with van der Waals surface area (Å²) in [7, 11) is 0. The van der Waals surface area contributed by atoms with Gasteiger partial charge in [0.1, 0.15) is 18.5 Å². The van der Waals surface area contributed by atoms with Crippen molar-refractivity contribution in [3.63, 3.8) is 0 Å². The molecule has 3 unspecified atom stereocenters. The number of aryl methyl sites for hydroxylation is 2. The number of carbonyl (C=O) groups is 1. The van der Waals surface area contributed by atoms with Crippen molar-refractivity contribution >= 4 is 5.97 Å². The second-order valence-corrected chi connectivity index (χ2v) is 12.3. The Kier molecular flexibility index (Phi) is 9.25. The topological polar surface area (TPSA) is 87.1 Å². The maximum Gasteiger partial charge on any atom is 0.305 e. The van der Waals surface area contributed by atoms with E-state index < -0.39 is 18.2 Å². The second kappa shape index (κ2) is 12.9. The number of carboxylic acids is 1. The van der Waals surface area contributed by atoms with Gasteiger partial charge in [0.25, 0.3) is 5.56 Å². The summed E-state index contributed by atoms with van der Waals surface area (Å²) >= 11 is 0. The average molecular weight is 576 g/mol. The largest absolute Gasteiger partial charge is 0.481 e. The highest BCUT2D eigenvalue weighted by molar-refractivity contribution is 5.72. The zero-order valence-corrected chi connectivity index (χ0v) is 24.9. The fourth-order valence-electron chi connectivity index (χ4n) is 6.20. The number of likely N-dealkylation sites (tertiary alicyclic amines) is 1. The summed E-state index contributed by atoms with van der Waals surface area (Å²) in [6, 6.07) is 17.1. The second-order valence-electron chi connectivity index (χ2n) is 12.3. The molecule has 0 aliphatic carbocycles. The Bertz CT molecular complexity index is 1440. The molecule has 0 spiro atoms. The SMILES string of the molecule is Cc1cccc(C)c1-c1cccc([C@H](CC(=O)O)NC2OC2C(CC(C)C)n2cc(CCN3CC(F)C3)ccc2=O)c1. The first kappa shape index (κ1) is 30.1. The van der Waals surface area contributed by atoms with Crippen LogP contribution in [0.5, 0.6) is 0 Å². The number of hydrogen-bond donors (Lipinski definition) is 2. The summed E-state index contributed by atoms with van der Waals surface area (Å²) in [5.41, 5.74) is 6.37. The first-order chi connectivity index (χ1) is 20.1. The summed E-state index contributed by atoms with van der Waals surface area (Å²) in [5.74, 6) is -0.576. The maximum atomic E-state index is 13.2. The third-order valence-electron chi connectivity index (χ3n) is 8.41. The molecule has 2 aromatic carbocycles. The molecule has 0 bridgehead atoms. The summed E-state index contributed by atoms with van der Waals surface area (Å²) in [4.78, 5) is 27.0. The molecule has 2 fully saturated rings. The number of aromatic nitrogens is 1. The molecule has 0 radical (unpaired) electrons. The number of benzene rings is 2. The number of nitrogens with zero attached hydrogens (tertiary/aromatic N) is 2. The number of alkyl halides is 1. The number of ether oxygens (including phenoxy) is 1. The molecule has 2 saturated heterocycles. The van der Waals surface area contributed by atoms with E-state index >= 15 is 0 Å². The predicted molar refractivity (Wildman–Crippen MR) is 162 cm³/mol. The highest BCUT2D eigenvalue weighted by Crippen LogP contribution is 2.37. The van der Waals surface area contributed by atoms with Gasteiger partial charge in [-0.2, -0.15) is 0 Å². The van der Waals surface area contributed by atoms with Crippen LogP contribution in [0, 0.1) is 19.8 Å². The van der Waals surface area contributed by atoms with Gasteiger partial charge in [-0.1, -0.05) is 56.3 Å². The number of epoxide rings is 1. The van der Waals surface area contributed by atoms with Gasteiger partial charge >= 0.3 is 5.97 Å². The third-order valence-corrected chi connectivity index (χ3v) is 8.41. The number of hydrogen-bond acceptors (Lipinski definition) is 5. The normalized spacial score (nSPS) is 20.3. The van der Waals surface area contributed by atoms with Crippen LogP contribution in [-0.4, -0.2) is 58.7 Å². The van der Waals surface area contributed by atoms with Gasteiger partial charge in [-0.15, -0.1) is 0 Å². The van der Waals surface area contributed by atoms with E-state index in [2.05, 4.69) is 62.2 Å². The van der Waals surface area contributed by atoms with Crippen LogP contribution in [0.1, 0.15) is 61.0 Å². The Hall–Kier alpha value is -3.33. The summed E-state index contributed by atoms with van der Waals surface area (Å²) in [5, 5.41) is 13.2. The van der Waals surface area contributed by atoms with Gasteiger partial charge in [0.15, 0.2) is 0 Å². The van der Waals surface area contributed by atoms with Gasteiger partial charge in [0, 0.05) is 37.9 Å². The zero-order valence-electron chi connectivity index (χ0n) is 24.9. The zero-order chi connectivity index (χ0) is 30.0. The van der Waals surface area contributed by atoms with Crippen molar-refractivity contribution in [2.45, 2.75) is 77.5 Å². The minimum Gasteiger partial charge on any atom is -0.481 e. The van der Waals surface area contributed by atoms with Crippen LogP contribution < -0.4 is 10.9 Å². The van der Waals surface area contributed by atoms with Crippen LogP contribution >= 0.6 is 0 Å². The van der Waals surface area contributed by atoms with Crippen LogP contribution in [0.2, 0.25) is 0 Å². The minimum atomic E-state index is -0.897. The molecule has 3 aromatic rings. The summed E-state index contributed by atoms with van der Waals surface area (Å²) < 4.78 is 21.1. The highest BCUT2D eigenvalue weighted by Gasteiger charge is 2.47. The quantitative estimate of drug-likeness (QED) is 0.264. The smallest absolute Gasteiger partial charge is 0.305 e. The van der Waals surface area contributed by atoms with Crippen molar-refractivity contribution in [3.8, 4) is 11.1 Å². The third kappa shape index (κ3) is 7.17. The van der Waals surface area contributed by atoms with E-state index in [0.29, 0.717) is 19.0 Å². The van der Waals surface area contributed by atoms with E-state index in [-0.39, 0.29) is 30.4 Å². The first-order valence-corrected chi connectivity index (χ1v) is 15.0. The number of nitrogens with one attached hydrogen (secondary N) is 1. The monoisotopic (exact) mass is 575 g/mol. The Labute approximate surface area is 247 Å². The van der Waals surface area contributed by atoms with Crippen LogP contribution in [-0.2, 0) is 16.0 Å². The molecule has 224 valence electrons. The summed E-state index contributed by atoms with van der Waals surface area (Å²) in [6.45, 7) is 10.1. The van der Waals surface area contributed by atoms with E-state index in [1.54, 1.807) is 10.6 Å². The average Bonchev–Trinajstić information content (AvgIpc) is 3.68. The predicted octanol–water partition coefficient (Wildman–Crippen LogP) is 5.45. The lowest BCUT2D eigenvalue weighted by atomic mass is 9.92. The van der Waals surface area contributed by atoms with Crippen molar-refractivity contribution in [1.82, 2.24) is 14.8 Å². The van der Waals surface area contributed by atoms with Crippen molar-refractivity contribution < 1.29 is 19.0 Å². The molecule has 5 rings (SSSR count). The molecule has 2 aliphatic heterocycles. The minimum absolute atomic E-state index is 0.0881. The highest BCUT2D eigenvalue weighted by atomic mass is 19.1. The fourth-order valence-corrected chi connectivity index (χ4v) is 6.20. The van der Waals surface area contributed by atoms with Gasteiger partial charge in [-0.05, 0) is 72.1 Å². The van der Waals surface area contributed by atoms with Gasteiger partial charge in [0.05, 0.1) is 12.5 Å². The summed E-state index contributed by atoms with van der Waals surface area (Å²) in [6.07, 6.45) is 1.94. The molecule has 2 N–H and O–H groups in total. The lowest BCUT2D eigenvalue weighted by Crippen LogP contribution is -2.48. The molecule has 8 heteroatoms. The van der Waals surface area contributed by atoms with E-state index in [1.807, 2.05) is 30.5 Å². The molecular weight excluding hydrogens is 533 g/mol. The Morgan fingerprint density at radius 3 is 2.48 bits per heavy atom. The lowest BCUT2D eigenvalue weighted by Gasteiger charge is -2.34. The van der Waals surface area contributed by atoms with E-state index in [9.17, 15) is 19.1 Å². The van der Waals surface area contributed by atoms with Crippen LogP contribution in [0.15, 0.2) is 65.6 Å². The van der Waals surface area contributed by atoms with Crippen molar-refractivity contribution in [3.05, 3.63) is 93.4 Å². The number of halogens is 1. The van der Waals surface area contributed by atoms with Gasteiger partial charge in [-0.3, -0.25) is 19.8 Å². The van der Waals surface area contributed by atoms with Crippen LogP contribution in [0.4, 0.5) is 4.39 Å². The molecule has 3 heterocycles. The number of carboxylic acid groups (broad SMARTS) is 1. The van der Waals surface area contributed by atoms with Crippen molar-refractivity contribution in [1.29, 1.82) is 0 Å². The molecule has 1 aromatic heterocycles. The standard InChI is InChI=1S/C34H42FN3O4/c1-21(2)15-29(38-18-24(11-12-30(38)39)13-14-37-19-27(35)20-37)33-34(42-33)36-28(17-31(40)41)25-9-6-10-26(16-25)32-22(3)7-5-8-23(32)4/h5-12,16,18,21,27-29,33-34,36H,13-15,17,19-20H2,1-4H3,(H,40,41)/t28-,29?,33?,34?/m0/s1. The lowest BCUT2D eigenvalue weighted by molar-refractivity contribution is -0.137. The van der Waals surface area contributed by atoms with Gasteiger partial charge in [-0.25, -0.2) is 4.39 Å². The van der Waals surface area contributed by atoms with Crippen molar-refractivity contribution in [2.75, 3.05) is 19.6 Å². The van der Waals surface area contributed by atoms with E-state index in [4.69, 9.17) is 4.74 Å². The Morgan fingerprint density at radius 1 is 1.10 bits per heavy atom. The van der Waals surface area contributed by atoms with Crippen LogP contribution in [0.25, 0.3) is 11.1 Å². The number of pyridine rings is 1. The first-order valence-electron chi connectivity index (χ1n) is 15.0. The molecule has 42 heavy (non-hydrogen) atoms. The van der Waals surface area contributed by atoms with Crippen molar-refractivity contribution in [2.24, 2.45) is 5.92 Å². The number of aliphatic carboxylic acids is 1. The van der Waals surface area contributed by atoms with Gasteiger partial charge in [0.2, 0.25) is 0 Å². The molecule has 0 saturated carbocycles. The molecule has 7 nitrogen and oxygen atoms in total. The number of rotatable bonds is 13. The van der Waals surface area contributed by atoms with E-state index in [1.165, 1.54) is 11.1 Å². The van der Waals surface area contributed by atoms with Crippen LogP contribution in [0.3, 0.4) is 0 Å². The maximum absolute atomic E-state index is 13.2. The van der Waals surface area contributed by atoms with E-state index in [0.717, 1.165) is 41.6 Å². The molecule has 2 aliphatic rings. The Morgan fingerprint density at radius 2 is 1.81 bits per heavy atom. The molecular formula is C34H42FN3O4. The van der Waals surface area contributed by atoms with Gasteiger partial charge < -0.3 is 14.4 Å². The molecule has 4 atom stereocenters. The Balaban J connectivity index is 1.35. The fraction of sp³-hybridized carbons (Fsp3) is 0.471. The molecule has 0 amide bonds.